The first kappa shape index (κ1) is 22.5. The summed E-state index contributed by atoms with van der Waals surface area (Å²) in [6.45, 7) is 10.4. The first-order valence-electron chi connectivity index (χ1n) is 10.5. The van der Waals surface area contributed by atoms with E-state index < -0.39 is 17.6 Å². The summed E-state index contributed by atoms with van der Waals surface area (Å²) in [5.74, 6) is -0.415. The number of carbonyl (C=O) groups is 2. The van der Waals surface area contributed by atoms with Crippen molar-refractivity contribution in [2.24, 2.45) is 5.92 Å². The maximum Gasteiger partial charge on any atom is 0.329 e. The van der Waals surface area contributed by atoms with Crippen LogP contribution in [0.1, 0.15) is 50.5 Å². The number of nitrogens with one attached hydrogen (secondary N) is 1. The molecule has 0 unspecified atom stereocenters. The number of hydrogen-bond donors (Lipinski definition) is 1. The van der Waals surface area contributed by atoms with Crippen LogP contribution in [0, 0.1) is 5.92 Å². The third-order valence-electron chi connectivity index (χ3n) is 4.56. The Kier molecular flexibility index (Phi) is 6.73. The molecule has 0 fully saturated rings. The smallest absolute Gasteiger partial charge is 0.329 e. The quantitative estimate of drug-likeness (QED) is 0.586. The lowest BCUT2D eigenvalue weighted by Crippen LogP contribution is -2.45. The number of esters is 1. The van der Waals surface area contributed by atoms with Gasteiger partial charge in [0.05, 0.1) is 11.8 Å². The third kappa shape index (κ3) is 6.13. The number of nitrogens with zero attached hydrogens (tertiary/aromatic N) is 3. The van der Waals surface area contributed by atoms with Crippen molar-refractivity contribution in [1.29, 1.82) is 0 Å². The maximum atomic E-state index is 13.0. The predicted molar refractivity (Wildman–Crippen MR) is 120 cm³/mol. The van der Waals surface area contributed by atoms with Gasteiger partial charge in [-0.05, 0) is 38.3 Å². The highest BCUT2D eigenvalue weighted by molar-refractivity contribution is 5.98. The summed E-state index contributed by atoms with van der Waals surface area (Å²) >= 11 is 0. The summed E-state index contributed by atoms with van der Waals surface area (Å²) in [7, 11) is 0. The van der Waals surface area contributed by atoms with E-state index in [9.17, 15) is 9.59 Å². The van der Waals surface area contributed by atoms with Crippen molar-refractivity contribution >= 4 is 22.9 Å². The number of hydrogen-bond acceptors (Lipinski definition) is 5. The molecular weight excluding hydrogens is 392 g/mol. The van der Waals surface area contributed by atoms with Crippen LogP contribution in [0.25, 0.3) is 11.0 Å². The largest absolute Gasteiger partial charge is 0.458 e. The average Bonchev–Trinajstić information content (AvgIpc) is 3.08. The Morgan fingerprint density at radius 2 is 1.84 bits per heavy atom. The van der Waals surface area contributed by atoms with Gasteiger partial charge in [-0.3, -0.25) is 4.79 Å². The Morgan fingerprint density at radius 3 is 2.48 bits per heavy atom. The van der Waals surface area contributed by atoms with Gasteiger partial charge in [0.1, 0.15) is 11.6 Å². The van der Waals surface area contributed by atoms with Crippen LogP contribution < -0.4 is 5.32 Å². The SMILES string of the molecule is CC(C)Cn1ncc2cc(C(=O)N[C@H](Cc3ccccc3)C(=O)OC(C)(C)C)cnc21. The van der Waals surface area contributed by atoms with Crippen LogP contribution in [0.5, 0.6) is 0 Å². The fourth-order valence-corrected chi connectivity index (χ4v) is 3.23. The number of ether oxygens (including phenoxy) is 1. The molecule has 3 rings (SSSR count). The van der Waals surface area contributed by atoms with Gasteiger partial charge in [0.15, 0.2) is 5.65 Å². The van der Waals surface area contributed by atoms with Gasteiger partial charge in [-0.2, -0.15) is 5.10 Å². The van der Waals surface area contributed by atoms with Crippen molar-refractivity contribution in [3.63, 3.8) is 0 Å². The Hall–Kier alpha value is -3.22. The molecule has 0 spiro atoms. The summed E-state index contributed by atoms with van der Waals surface area (Å²) in [6, 6.07) is 10.5. The molecule has 0 aliphatic heterocycles. The zero-order valence-corrected chi connectivity index (χ0v) is 18.8. The summed E-state index contributed by atoms with van der Waals surface area (Å²) in [6.07, 6.45) is 3.56. The number of rotatable bonds is 7. The van der Waals surface area contributed by atoms with Crippen LogP contribution in [-0.2, 0) is 22.5 Å². The molecule has 7 heteroatoms. The lowest BCUT2D eigenvalue weighted by Gasteiger charge is -2.24. The van der Waals surface area contributed by atoms with E-state index in [-0.39, 0.29) is 5.91 Å². The van der Waals surface area contributed by atoms with E-state index in [4.69, 9.17) is 4.74 Å². The Balaban J connectivity index is 1.81. The molecule has 1 N–H and O–H groups in total. The lowest BCUT2D eigenvalue weighted by atomic mass is 10.0. The second-order valence-electron chi connectivity index (χ2n) is 9.11. The fraction of sp³-hybridized carbons (Fsp3) is 0.417. The summed E-state index contributed by atoms with van der Waals surface area (Å²) in [4.78, 5) is 30.2. The highest BCUT2D eigenvalue weighted by Gasteiger charge is 2.27. The number of pyridine rings is 1. The predicted octanol–water partition coefficient (Wildman–Crippen LogP) is 3.77. The minimum absolute atomic E-state index is 0.337. The van der Waals surface area contributed by atoms with Gasteiger partial charge >= 0.3 is 5.97 Å². The van der Waals surface area contributed by atoms with Crippen molar-refractivity contribution < 1.29 is 14.3 Å². The number of carbonyl (C=O) groups excluding carboxylic acids is 2. The van der Waals surface area contributed by atoms with E-state index in [1.165, 1.54) is 6.20 Å². The summed E-state index contributed by atoms with van der Waals surface area (Å²) < 4.78 is 7.37. The zero-order chi connectivity index (χ0) is 22.6. The second kappa shape index (κ2) is 9.29. The molecular formula is C24H30N4O3. The van der Waals surface area contributed by atoms with Gasteiger partial charge in [0.25, 0.3) is 5.91 Å². The third-order valence-corrected chi connectivity index (χ3v) is 4.56. The number of aromatic nitrogens is 3. The van der Waals surface area contributed by atoms with Crippen molar-refractivity contribution in [1.82, 2.24) is 20.1 Å². The molecule has 0 bridgehead atoms. The molecule has 1 aromatic carbocycles. The van der Waals surface area contributed by atoms with Crippen molar-refractivity contribution in [3.05, 3.63) is 59.9 Å². The molecule has 0 aliphatic carbocycles. The minimum Gasteiger partial charge on any atom is -0.458 e. The van der Waals surface area contributed by atoms with Gasteiger partial charge in [0, 0.05) is 24.5 Å². The van der Waals surface area contributed by atoms with Crippen LogP contribution in [0.3, 0.4) is 0 Å². The zero-order valence-electron chi connectivity index (χ0n) is 18.8. The van der Waals surface area contributed by atoms with E-state index in [2.05, 4.69) is 29.2 Å². The molecule has 0 aliphatic rings. The topological polar surface area (TPSA) is 86.1 Å². The molecule has 164 valence electrons. The average molecular weight is 423 g/mol. The normalized spacial score (nSPS) is 12.7. The maximum absolute atomic E-state index is 13.0. The van der Waals surface area contributed by atoms with Crippen LogP contribution in [0.15, 0.2) is 48.8 Å². The first-order chi connectivity index (χ1) is 14.6. The van der Waals surface area contributed by atoms with Gasteiger partial charge in [-0.25, -0.2) is 14.5 Å². The Labute approximate surface area is 182 Å². The standard InChI is InChI=1S/C24H30N4O3/c1-16(2)15-28-21-18(14-26-28)12-19(13-25-21)22(29)27-20(23(30)31-24(3,4)5)11-17-9-7-6-8-10-17/h6-10,12-14,16,20H,11,15H2,1-5H3,(H,27,29)/t20-/m1/s1. The summed E-state index contributed by atoms with van der Waals surface area (Å²) in [5.41, 5.74) is 1.39. The minimum atomic E-state index is -0.812. The van der Waals surface area contributed by atoms with E-state index in [1.54, 1.807) is 33.0 Å². The number of amides is 1. The van der Waals surface area contributed by atoms with Gasteiger partial charge < -0.3 is 10.1 Å². The van der Waals surface area contributed by atoms with Gasteiger partial charge in [-0.15, -0.1) is 0 Å². The van der Waals surface area contributed by atoms with Crippen molar-refractivity contribution in [2.75, 3.05) is 0 Å². The van der Waals surface area contributed by atoms with Crippen LogP contribution in [-0.4, -0.2) is 38.3 Å². The van der Waals surface area contributed by atoms with E-state index in [0.29, 0.717) is 17.9 Å². The Morgan fingerprint density at radius 1 is 1.13 bits per heavy atom. The monoisotopic (exact) mass is 422 g/mol. The molecule has 0 radical (unpaired) electrons. The molecule has 2 aromatic heterocycles. The number of fused-ring (bicyclic) bond motifs is 1. The van der Waals surface area contributed by atoms with E-state index in [1.807, 2.05) is 35.0 Å². The van der Waals surface area contributed by atoms with Crippen LogP contribution >= 0.6 is 0 Å². The van der Waals surface area contributed by atoms with E-state index >= 15 is 0 Å². The molecule has 31 heavy (non-hydrogen) atoms. The van der Waals surface area contributed by atoms with Crippen molar-refractivity contribution in [3.8, 4) is 0 Å². The molecule has 0 saturated heterocycles. The second-order valence-corrected chi connectivity index (χ2v) is 9.11. The highest BCUT2D eigenvalue weighted by Crippen LogP contribution is 2.16. The molecule has 1 atom stereocenters. The fourth-order valence-electron chi connectivity index (χ4n) is 3.23. The molecule has 2 heterocycles. The van der Waals surface area contributed by atoms with E-state index in [0.717, 1.165) is 23.1 Å². The van der Waals surface area contributed by atoms with Crippen LogP contribution in [0.4, 0.5) is 0 Å². The lowest BCUT2D eigenvalue weighted by molar-refractivity contribution is -0.157. The molecule has 7 nitrogen and oxygen atoms in total. The van der Waals surface area contributed by atoms with Crippen LogP contribution in [0.2, 0.25) is 0 Å². The molecule has 3 aromatic rings. The van der Waals surface area contributed by atoms with Gasteiger partial charge in [0.2, 0.25) is 0 Å². The highest BCUT2D eigenvalue weighted by atomic mass is 16.6. The van der Waals surface area contributed by atoms with Crippen molar-refractivity contribution in [2.45, 2.75) is 59.2 Å². The Bertz CT molecular complexity index is 1050. The summed E-state index contributed by atoms with van der Waals surface area (Å²) in [5, 5.41) is 7.98. The first-order valence-corrected chi connectivity index (χ1v) is 10.5. The molecule has 0 saturated carbocycles. The number of benzene rings is 1. The molecule has 1 amide bonds. The van der Waals surface area contributed by atoms with Gasteiger partial charge in [-0.1, -0.05) is 44.2 Å².